The SMILES string of the molecule is O=C(NCc1cccc(CO)c1)N1CCN([C@H]2C[C@@H]3CC[C@@H]2C3)CC1. The Hall–Kier alpha value is -1.59. The average Bonchev–Trinajstić information content (AvgIpc) is 3.30. The van der Waals surface area contributed by atoms with Gasteiger partial charge >= 0.3 is 6.03 Å². The molecule has 5 heteroatoms. The Labute approximate surface area is 150 Å². The molecule has 2 N–H and O–H groups in total. The third kappa shape index (κ3) is 3.67. The van der Waals surface area contributed by atoms with Gasteiger partial charge < -0.3 is 15.3 Å². The molecule has 4 rings (SSSR count). The molecule has 1 saturated heterocycles. The molecule has 1 heterocycles. The van der Waals surface area contributed by atoms with Crippen LogP contribution in [0.5, 0.6) is 0 Å². The lowest BCUT2D eigenvalue weighted by Gasteiger charge is -2.41. The number of urea groups is 1. The van der Waals surface area contributed by atoms with Gasteiger partial charge in [-0.3, -0.25) is 4.90 Å². The van der Waals surface area contributed by atoms with E-state index in [0.717, 1.165) is 55.2 Å². The molecule has 0 spiro atoms. The predicted molar refractivity (Wildman–Crippen MR) is 97.0 cm³/mol. The maximum absolute atomic E-state index is 12.4. The number of hydrogen-bond acceptors (Lipinski definition) is 3. The Morgan fingerprint density at radius 2 is 1.92 bits per heavy atom. The Kier molecular flexibility index (Phi) is 4.95. The first-order valence-electron chi connectivity index (χ1n) is 9.68. The fourth-order valence-corrected chi connectivity index (χ4v) is 5.04. The zero-order valence-electron chi connectivity index (χ0n) is 14.9. The molecule has 2 amide bonds. The van der Waals surface area contributed by atoms with Crippen LogP contribution in [0, 0.1) is 11.8 Å². The standard InChI is InChI=1S/C20H29N3O2/c24-14-17-3-1-2-16(10-17)13-21-20(25)23-8-6-22(7-9-23)19-12-15-4-5-18(19)11-15/h1-3,10,15,18-19,24H,4-9,11-14H2,(H,21,25)/t15-,18-,19+/m1/s1. The van der Waals surface area contributed by atoms with Gasteiger partial charge in [-0.05, 0) is 42.2 Å². The van der Waals surface area contributed by atoms with Gasteiger partial charge in [0, 0.05) is 38.8 Å². The largest absolute Gasteiger partial charge is 0.392 e. The zero-order chi connectivity index (χ0) is 17.2. The van der Waals surface area contributed by atoms with Gasteiger partial charge in [-0.1, -0.05) is 30.7 Å². The van der Waals surface area contributed by atoms with Crippen molar-refractivity contribution in [1.82, 2.24) is 15.1 Å². The summed E-state index contributed by atoms with van der Waals surface area (Å²) < 4.78 is 0. The monoisotopic (exact) mass is 343 g/mol. The quantitative estimate of drug-likeness (QED) is 0.881. The summed E-state index contributed by atoms with van der Waals surface area (Å²) in [4.78, 5) is 17.0. The van der Waals surface area contributed by atoms with E-state index < -0.39 is 0 Å². The van der Waals surface area contributed by atoms with E-state index in [0.29, 0.717) is 6.54 Å². The molecule has 3 aliphatic rings. The van der Waals surface area contributed by atoms with Crippen molar-refractivity contribution in [2.45, 2.75) is 44.9 Å². The number of aliphatic hydroxyl groups excluding tert-OH is 1. The lowest BCUT2D eigenvalue weighted by Crippen LogP contribution is -2.55. The summed E-state index contributed by atoms with van der Waals surface area (Å²) in [6.45, 7) is 4.24. The van der Waals surface area contributed by atoms with E-state index in [1.54, 1.807) is 0 Å². The Morgan fingerprint density at radius 1 is 1.12 bits per heavy atom. The van der Waals surface area contributed by atoms with Crippen molar-refractivity contribution in [2.24, 2.45) is 11.8 Å². The summed E-state index contributed by atoms with van der Waals surface area (Å²) in [5.74, 6) is 1.90. The van der Waals surface area contributed by atoms with E-state index in [1.807, 2.05) is 29.2 Å². The van der Waals surface area contributed by atoms with E-state index in [4.69, 9.17) is 0 Å². The van der Waals surface area contributed by atoms with Crippen LogP contribution in [0.1, 0.15) is 36.8 Å². The molecule has 2 aliphatic carbocycles. The summed E-state index contributed by atoms with van der Waals surface area (Å²) in [5.41, 5.74) is 1.91. The molecule has 2 saturated carbocycles. The number of rotatable bonds is 4. The minimum atomic E-state index is 0.0296. The van der Waals surface area contributed by atoms with Crippen LogP contribution < -0.4 is 5.32 Å². The number of piperazine rings is 1. The Balaban J connectivity index is 1.24. The van der Waals surface area contributed by atoms with Crippen molar-refractivity contribution < 1.29 is 9.90 Å². The Morgan fingerprint density at radius 3 is 2.60 bits per heavy atom. The van der Waals surface area contributed by atoms with E-state index in [2.05, 4.69) is 10.2 Å². The van der Waals surface area contributed by atoms with Crippen LogP contribution in [-0.2, 0) is 13.2 Å². The molecule has 25 heavy (non-hydrogen) atoms. The highest BCUT2D eigenvalue weighted by Gasteiger charge is 2.42. The van der Waals surface area contributed by atoms with Crippen molar-refractivity contribution in [1.29, 1.82) is 0 Å². The van der Waals surface area contributed by atoms with E-state index in [1.165, 1.54) is 25.7 Å². The molecule has 0 aromatic heterocycles. The van der Waals surface area contributed by atoms with E-state index in [9.17, 15) is 9.90 Å². The van der Waals surface area contributed by atoms with Gasteiger partial charge in [-0.2, -0.15) is 0 Å². The maximum atomic E-state index is 12.4. The smallest absolute Gasteiger partial charge is 0.317 e. The summed E-state index contributed by atoms with van der Waals surface area (Å²) >= 11 is 0. The molecular formula is C20H29N3O2. The molecule has 3 fully saturated rings. The van der Waals surface area contributed by atoms with E-state index >= 15 is 0 Å². The second-order valence-electron chi connectivity index (χ2n) is 7.90. The van der Waals surface area contributed by atoms with Crippen molar-refractivity contribution >= 4 is 6.03 Å². The fraction of sp³-hybridized carbons (Fsp3) is 0.650. The molecule has 5 nitrogen and oxygen atoms in total. The van der Waals surface area contributed by atoms with Crippen molar-refractivity contribution in [3.8, 4) is 0 Å². The molecule has 136 valence electrons. The van der Waals surface area contributed by atoms with Crippen LogP contribution >= 0.6 is 0 Å². The van der Waals surface area contributed by atoms with Gasteiger partial charge in [0.1, 0.15) is 0 Å². The minimum absolute atomic E-state index is 0.0296. The van der Waals surface area contributed by atoms with Gasteiger partial charge in [-0.25, -0.2) is 4.79 Å². The first kappa shape index (κ1) is 16.9. The lowest BCUT2D eigenvalue weighted by atomic mass is 9.93. The van der Waals surface area contributed by atoms with Crippen LogP contribution in [-0.4, -0.2) is 53.2 Å². The number of hydrogen-bond donors (Lipinski definition) is 2. The minimum Gasteiger partial charge on any atom is -0.392 e. The van der Waals surface area contributed by atoms with Crippen LogP contribution in [0.3, 0.4) is 0 Å². The maximum Gasteiger partial charge on any atom is 0.317 e. The molecule has 1 aromatic carbocycles. The fourth-order valence-electron chi connectivity index (χ4n) is 5.04. The summed E-state index contributed by atoms with van der Waals surface area (Å²) in [6, 6.07) is 8.54. The van der Waals surface area contributed by atoms with Crippen molar-refractivity contribution in [2.75, 3.05) is 26.2 Å². The summed E-state index contributed by atoms with van der Waals surface area (Å²) in [6.07, 6.45) is 5.69. The second kappa shape index (κ2) is 7.34. The number of amides is 2. The molecule has 0 unspecified atom stereocenters. The average molecular weight is 343 g/mol. The number of nitrogens with zero attached hydrogens (tertiary/aromatic N) is 2. The summed E-state index contributed by atoms with van der Waals surface area (Å²) in [7, 11) is 0. The van der Waals surface area contributed by atoms with Crippen LogP contribution in [0.4, 0.5) is 4.79 Å². The van der Waals surface area contributed by atoms with Crippen LogP contribution in [0.25, 0.3) is 0 Å². The number of aliphatic hydroxyl groups is 1. The highest BCUT2D eigenvalue weighted by molar-refractivity contribution is 5.74. The number of carbonyl (C=O) groups excluding carboxylic acids is 1. The Bertz CT molecular complexity index is 613. The lowest BCUT2D eigenvalue weighted by molar-refractivity contribution is 0.0826. The van der Waals surface area contributed by atoms with Gasteiger partial charge in [0.25, 0.3) is 0 Å². The molecular weight excluding hydrogens is 314 g/mol. The first-order chi connectivity index (χ1) is 12.2. The number of carbonyl (C=O) groups is 1. The van der Waals surface area contributed by atoms with Crippen LogP contribution in [0.15, 0.2) is 24.3 Å². The van der Waals surface area contributed by atoms with Crippen molar-refractivity contribution in [3.05, 3.63) is 35.4 Å². The number of fused-ring (bicyclic) bond motifs is 2. The highest BCUT2D eigenvalue weighted by Crippen LogP contribution is 2.46. The summed E-state index contributed by atoms with van der Waals surface area (Å²) in [5, 5.41) is 12.2. The van der Waals surface area contributed by atoms with Gasteiger partial charge in [0.05, 0.1) is 6.61 Å². The third-order valence-electron chi connectivity index (χ3n) is 6.39. The van der Waals surface area contributed by atoms with Gasteiger partial charge in [-0.15, -0.1) is 0 Å². The molecule has 3 atom stereocenters. The molecule has 1 aromatic rings. The normalized spacial score (nSPS) is 29.2. The zero-order valence-corrected chi connectivity index (χ0v) is 14.9. The topological polar surface area (TPSA) is 55.8 Å². The van der Waals surface area contributed by atoms with Crippen LogP contribution in [0.2, 0.25) is 0 Å². The molecule has 2 bridgehead atoms. The van der Waals surface area contributed by atoms with Gasteiger partial charge in [0.15, 0.2) is 0 Å². The molecule has 1 aliphatic heterocycles. The van der Waals surface area contributed by atoms with Gasteiger partial charge in [0.2, 0.25) is 0 Å². The predicted octanol–water partition coefficient (Wildman–Crippen LogP) is 2.19. The highest BCUT2D eigenvalue weighted by atomic mass is 16.3. The first-order valence-corrected chi connectivity index (χ1v) is 9.68. The number of nitrogens with one attached hydrogen (secondary N) is 1. The molecule has 0 radical (unpaired) electrons. The van der Waals surface area contributed by atoms with E-state index in [-0.39, 0.29) is 12.6 Å². The second-order valence-corrected chi connectivity index (χ2v) is 7.90. The third-order valence-corrected chi connectivity index (χ3v) is 6.39. The number of benzene rings is 1. The van der Waals surface area contributed by atoms with Crippen molar-refractivity contribution in [3.63, 3.8) is 0 Å².